The summed E-state index contributed by atoms with van der Waals surface area (Å²) in [4.78, 5) is 20.6. The number of nitrogens with zero attached hydrogens (tertiary/aromatic N) is 3. The van der Waals surface area contributed by atoms with Crippen LogP contribution in [-0.4, -0.2) is 89.7 Å². The lowest BCUT2D eigenvalue weighted by Gasteiger charge is -2.30. The van der Waals surface area contributed by atoms with E-state index >= 15 is 0 Å². The maximum Gasteiger partial charge on any atom is 0.239 e. The van der Waals surface area contributed by atoms with E-state index in [-0.39, 0.29) is 11.9 Å². The molecule has 0 aromatic heterocycles. The van der Waals surface area contributed by atoms with Gasteiger partial charge < -0.3 is 15.5 Å². The van der Waals surface area contributed by atoms with Crippen LogP contribution in [0.4, 0.5) is 0 Å². The van der Waals surface area contributed by atoms with Crippen LogP contribution in [0.25, 0.3) is 0 Å². The SMILES string of the molecule is CCS(=O)C1CCCC(NC(=NC)NCCCN2CCCC2C(=O)N(C)C)C1. The van der Waals surface area contributed by atoms with Gasteiger partial charge in [-0.3, -0.25) is 18.9 Å². The summed E-state index contributed by atoms with van der Waals surface area (Å²) in [7, 11) is 4.76. The monoisotopic (exact) mass is 413 g/mol. The van der Waals surface area contributed by atoms with Gasteiger partial charge in [-0.25, -0.2) is 0 Å². The average Bonchev–Trinajstić information content (AvgIpc) is 3.17. The fraction of sp³-hybridized carbons (Fsp3) is 0.900. The number of guanidine groups is 1. The molecule has 0 spiro atoms. The lowest BCUT2D eigenvalue weighted by Crippen LogP contribution is -2.47. The summed E-state index contributed by atoms with van der Waals surface area (Å²) in [6.45, 7) is 4.77. The normalized spacial score (nSPS) is 27.4. The Hall–Kier alpha value is -1.15. The Balaban J connectivity index is 1.71. The van der Waals surface area contributed by atoms with Crippen LogP contribution in [0.2, 0.25) is 0 Å². The third kappa shape index (κ3) is 6.72. The van der Waals surface area contributed by atoms with Crippen LogP contribution in [0, 0.1) is 0 Å². The summed E-state index contributed by atoms with van der Waals surface area (Å²) in [5, 5.41) is 7.24. The van der Waals surface area contributed by atoms with Crippen molar-refractivity contribution in [2.45, 2.75) is 69.2 Å². The minimum absolute atomic E-state index is 0.0473. The molecule has 0 radical (unpaired) electrons. The van der Waals surface area contributed by atoms with E-state index in [0.29, 0.717) is 11.3 Å². The number of likely N-dealkylation sites (tertiary alicyclic amines) is 1. The third-order valence-corrected chi connectivity index (χ3v) is 7.59. The maximum absolute atomic E-state index is 12.3. The number of aliphatic imine (C=N–C) groups is 1. The fourth-order valence-electron chi connectivity index (χ4n) is 4.30. The highest BCUT2D eigenvalue weighted by Crippen LogP contribution is 2.23. The zero-order chi connectivity index (χ0) is 20.5. The van der Waals surface area contributed by atoms with Crippen LogP contribution in [0.15, 0.2) is 4.99 Å². The van der Waals surface area contributed by atoms with E-state index in [2.05, 4.69) is 20.5 Å². The van der Waals surface area contributed by atoms with Crippen molar-refractivity contribution < 1.29 is 9.00 Å². The molecule has 28 heavy (non-hydrogen) atoms. The van der Waals surface area contributed by atoms with Crippen molar-refractivity contribution >= 4 is 22.7 Å². The number of carbonyl (C=O) groups excluding carboxylic acids is 1. The number of rotatable bonds is 8. The molecular formula is C20H39N5O2S. The van der Waals surface area contributed by atoms with Crippen LogP contribution in [0.5, 0.6) is 0 Å². The molecule has 1 saturated carbocycles. The van der Waals surface area contributed by atoms with Crippen LogP contribution < -0.4 is 10.6 Å². The minimum atomic E-state index is -0.707. The summed E-state index contributed by atoms with van der Waals surface area (Å²) in [5.74, 6) is 1.80. The fourth-order valence-corrected chi connectivity index (χ4v) is 5.65. The van der Waals surface area contributed by atoms with Gasteiger partial charge in [-0.2, -0.15) is 0 Å². The number of hydrogen-bond acceptors (Lipinski definition) is 4. The van der Waals surface area contributed by atoms with E-state index in [1.54, 1.807) is 11.9 Å². The Morgan fingerprint density at radius 1 is 1.25 bits per heavy atom. The molecule has 162 valence electrons. The zero-order valence-corrected chi connectivity index (χ0v) is 18.9. The van der Waals surface area contributed by atoms with Crippen LogP contribution in [-0.2, 0) is 15.6 Å². The predicted octanol–water partition coefficient (Wildman–Crippen LogP) is 1.17. The molecule has 2 rings (SSSR count). The lowest BCUT2D eigenvalue weighted by atomic mass is 9.95. The maximum atomic E-state index is 12.3. The molecular weight excluding hydrogens is 374 g/mol. The summed E-state index contributed by atoms with van der Waals surface area (Å²) in [6, 6.07) is 0.396. The van der Waals surface area contributed by atoms with Crippen molar-refractivity contribution in [1.82, 2.24) is 20.4 Å². The highest BCUT2D eigenvalue weighted by molar-refractivity contribution is 7.85. The van der Waals surface area contributed by atoms with Gasteiger partial charge >= 0.3 is 0 Å². The van der Waals surface area contributed by atoms with Crippen molar-refractivity contribution in [1.29, 1.82) is 0 Å². The first-order valence-corrected chi connectivity index (χ1v) is 12.1. The molecule has 0 aromatic rings. The quantitative estimate of drug-likeness (QED) is 0.355. The zero-order valence-electron chi connectivity index (χ0n) is 18.1. The van der Waals surface area contributed by atoms with Crippen molar-refractivity contribution in [3.05, 3.63) is 0 Å². The molecule has 2 N–H and O–H groups in total. The number of carbonyl (C=O) groups is 1. The van der Waals surface area contributed by atoms with Crippen LogP contribution in [0.1, 0.15) is 51.9 Å². The first-order valence-electron chi connectivity index (χ1n) is 10.8. The van der Waals surface area contributed by atoms with Gasteiger partial charge in [0.15, 0.2) is 5.96 Å². The van der Waals surface area contributed by atoms with Gasteiger partial charge in [0, 0.05) is 62.1 Å². The number of likely N-dealkylation sites (N-methyl/N-ethyl adjacent to an activating group) is 1. The molecule has 1 heterocycles. The molecule has 8 heteroatoms. The Bertz CT molecular complexity index is 555. The van der Waals surface area contributed by atoms with Crippen molar-refractivity contribution in [2.24, 2.45) is 4.99 Å². The summed E-state index contributed by atoms with van der Waals surface area (Å²) in [5.41, 5.74) is 0. The van der Waals surface area contributed by atoms with Gasteiger partial charge in [0.25, 0.3) is 0 Å². The van der Waals surface area contributed by atoms with Crippen molar-refractivity contribution in [3.8, 4) is 0 Å². The first-order chi connectivity index (χ1) is 13.5. The molecule has 2 aliphatic rings. The highest BCUT2D eigenvalue weighted by atomic mass is 32.2. The third-order valence-electron chi connectivity index (χ3n) is 5.85. The van der Waals surface area contributed by atoms with Gasteiger partial charge in [0.1, 0.15) is 0 Å². The van der Waals surface area contributed by atoms with Gasteiger partial charge in [-0.05, 0) is 45.1 Å². The topological polar surface area (TPSA) is 77.0 Å². The molecule has 2 fully saturated rings. The van der Waals surface area contributed by atoms with Gasteiger partial charge in [0.2, 0.25) is 5.91 Å². The molecule has 1 aliphatic carbocycles. The molecule has 4 unspecified atom stereocenters. The van der Waals surface area contributed by atoms with Crippen LogP contribution in [0.3, 0.4) is 0 Å². The Morgan fingerprint density at radius 3 is 2.71 bits per heavy atom. The summed E-state index contributed by atoms with van der Waals surface area (Å²) >= 11 is 0. The van der Waals surface area contributed by atoms with Crippen molar-refractivity contribution in [2.75, 3.05) is 46.5 Å². The smallest absolute Gasteiger partial charge is 0.239 e. The summed E-state index contributed by atoms with van der Waals surface area (Å²) in [6.07, 6.45) is 7.32. The van der Waals surface area contributed by atoms with E-state index in [1.807, 2.05) is 21.0 Å². The molecule has 4 atom stereocenters. The lowest BCUT2D eigenvalue weighted by molar-refractivity contribution is -0.133. The van der Waals surface area contributed by atoms with Crippen molar-refractivity contribution in [3.63, 3.8) is 0 Å². The molecule has 1 saturated heterocycles. The molecule has 0 bridgehead atoms. The second-order valence-electron chi connectivity index (χ2n) is 8.08. The summed E-state index contributed by atoms with van der Waals surface area (Å²) < 4.78 is 12.1. The number of hydrogen-bond donors (Lipinski definition) is 2. The molecule has 1 amide bonds. The largest absolute Gasteiger partial charge is 0.356 e. The first kappa shape index (κ1) is 23.1. The second kappa shape index (κ2) is 11.8. The number of nitrogens with one attached hydrogen (secondary N) is 2. The van der Waals surface area contributed by atoms with Gasteiger partial charge in [-0.1, -0.05) is 13.3 Å². The second-order valence-corrected chi connectivity index (χ2v) is 10.1. The Labute approximate surface area is 173 Å². The van der Waals surface area contributed by atoms with E-state index < -0.39 is 10.8 Å². The highest BCUT2D eigenvalue weighted by Gasteiger charge is 2.31. The molecule has 0 aromatic carbocycles. The Morgan fingerprint density at radius 2 is 2.04 bits per heavy atom. The Kier molecular flexibility index (Phi) is 9.71. The van der Waals surface area contributed by atoms with E-state index in [4.69, 9.17) is 0 Å². The van der Waals surface area contributed by atoms with E-state index in [1.165, 1.54) is 0 Å². The van der Waals surface area contributed by atoms with E-state index in [9.17, 15) is 9.00 Å². The van der Waals surface area contributed by atoms with Gasteiger partial charge in [-0.15, -0.1) is 0 Å². The van der Waals surface area contributed by atoms with Crippen LogP contribution >= 0.6 is 0 Å². The molecule has 7 nitrogen and oxygen atoms in total. The van der Waals surface area contributed by atoms with Gasteiger partial charge in [0.05, 0.1) is 6.04 Å². The number of amides is 1. The van der Waals surface area contributed by atoms with E-state index in [0.717, 1.165) is 76.3 Å². The molecule has 1 aliphatic heterocycles. The minimum Gasteiger partial charge on any atom is -0.356 e. The standard InChI is InChI=1S/C20H39N5O2S/c1-5-28(27)17-10-6-9-16(15-17)23-20(21-2)22-12-8-14-25-13-7-11-18(25)19(26)24(3)4/h16-18H,5-15H2,1-4H3,(H2,21,22,23). The predicted molar refractivity (Wildman–Crippen MR) is 117 cm³/mol. The average molecular weight is 414 g/mol.